The fraction of sp³-hybridized carbons (Fsp3) is 0.647. The lowest BCUT2D eigenvalue weighted by molar-refractivity contribution is -0.163. The Labute approximate surface area is 306 Å². The van der Waals surface area contributed by atoms with Crippen LogP contribution in [0.4, 0.5) is 4.39 Å². The van der Waals surface area contributed by atoms with Gasteiger partial charge >= 0.3 is 13.8 Å². The zero-order chi connectivity index (χ0) is 38.9. The van der Waals surface area contributed by atoms with E-state index in [4.69, 9.17) is 15.0 Å². The van der Waals surface area contributed by atoms with E-state index in [2.05, 4.69) is 10.6 Å². The van der Waals surface area contributed by atoms with Gasteiger partial charge in [0.2, 0.25) is 29.5 Å². The van der Waals surface area contributed by atoms with E-state index in [-0.39, 0.29) is 44.7 Å². The summed E-state index contributed by atoms with van der Waals surface area (Å²) >= 11 is 0. The second kappa shape index (κ2) is 16.2. The quantitative estimate of drug-likeness (QED) is 0.184. The van der Waals surface area contributed by atoms with Crippen molar-refractivity contribution in [2.45, 2.75) is 115 Å². The highest BCUT2D eigenvalue weighted by molar-refractivity contribution is 7.46. The van der Waals surface area contributed by atoms with Crippen molar-refractivity contribution in [3.05, 3.63) is 35.1 Å². The number of esters is 1. The van der Waals surface area contributed by atoms with Gasteiger partial charge in [0.25, 0.3) is 0 Å². The Balaban J connectivity index is 1.53. The van der Waals surface area contributed by atoms with Crippen LogP contribution in [0.15, 0.2) is 18.2 Å². The number of hydrogen-bond acceptors (Lipinski definition) is 10. The molecule has 4 aliphatic rings. The number of phosphoric ester groups is 1. The van der Waals surface area contributed by atoms with Gasteiger partial charge in [-0.25, -0.2) is 13.8 Å². The second-order valence-electron chi connectivity index (χ2n) is 14.7. The molecule has 0 aliphatic carbocycles. The van der Waals surface area contributed by atoms with E-state index in [1.165, 1.54) is 35.8 Å². The highest BCUT2D eigenvalue weighted by Gasteiger charge is 2.50. The van der Waals surface area contributed by atoms with Crippen molar-refractivity contribution in [1.29, 1.82) is 0 Å². The molecule has 4 aliphatic heterocycles. The van der Waals surface area contributed by atoms with Gasteiger partial charge in [-0.3, -0.25) is 28.5 Å². The zero-order valence-corrected chi connectivity index (χ0v) is 31.0. The largest absolute Gasteiger partial charge is 0.469 e. The number of cyclic esters (lactones) is 1. The fourth-order valence-electron chi connectivity index (χ4n) is 7.76. The molecule has 292 valence electrons. The number of hydrogen-bond donors (Lipinski definition) is 5. The number of carbonyl (C=O) groups excluding carboxylic acids is 6. The Bertz CT molecular complexity index is 1660. The van der Waals surface area contributed by atoms with Gasteiger partial charge in [-0.2, -0.15) is 0 Å². The predicted octanol–water partition coefficient (Wildman–Crippen LogP) is -0.364. The molecule has 17 nitrogen and oxygen atoms in total. The molecule has 0 bridgehead atoms. The number of nitrogens with one attached hydrogen (secondary N) is 2. The molecule has 53 heavy (non-hydrogen) atoms. The molecule has 4 heterocycles. The number of nitrogens with two attached hydrogens (primary N) is 1. The van der Waals surface area contributed by atoms with Gasteiger partial charge < -0.3 is 45.6 Å². The molecule has 0 saturated carbocycles. The van der Waals surface area contributed by atoms with Gasteiger partial charge in [0.15, 0.2) is 0 Å². The van der Waals surface area contributed by atoms with Crippen molar-refractivity contribution in [2.75, 3.05) is 19.6 Å². The summed E-state index contributed by atoms with van der Waals surface area (Å²) in [4.78, 5) is 106. The lowest BCUT2D eigenvalue weighted by Gasteiger charge is -2.39. The highest BCUT2D eigenvalue weighted by atomic mass is 31.2. The summed E-state index contributed by atoms with van der Waals surface area (Å²) < 4.78 is 36.7. The second-order valence-corrected chi connectivity index (χ2v) is 15.8. The Kier molecular flexibility index (Phi) is 12.3. The SMILES string of the molecule is Cc1cc(F)cc(C[C@H](N)C(=O)N[C@@H]2C(=O)N3C[C@H](OP(=O)(O)O)C[C@H]3C(=O)N3CCCC[C@H]3C(=O)N[C@@H](C)C(=O)N3C[C@H](C)C[C@H]3C(=O)O[C@H]2C)c1. The number of ether oxygens (including phenoxy) is 1. The molecular weight excluding hydrogens is 718 g/mol. The van der Waals surface area contributed by atoms with Crippen molar-refractivity contribution >= 4 is 43.3 Å². The standard InChI is InChI=1S/C34H48FN6O11P/c1-17-9-21(12-22(35)10-17)13-24(36)29(42)38-28-20(4)51-34(47)27-11-18(2)15-40(27)31(44)19(3)37-30(43)25-7-5-6-8-39(25)32(45)26-14-23(52-53(48,49)50)16-41(26)33(28)46/h9-10,12,18-20,23-28H,5-8,11,13-16,36H2,1-4H3,(H,37,43)(H,38,42)(H2,48,49,50)/t18-,19+,20+,23-,24+,25+,26+,27+,28+/m1/s1. The van der Waals surface area contributed by atoms with Crippen molar-refractivity contribution in [3.63, 3.8) is 0 Å². The molecule has 5 rings (SSSR count). The summed E-state index contributed by atoms with van der Waals surface area (Å²) in [7, 11) is -5.11. The van der Waals surface area contributed by atoms with Crippen LogP contribution < -0.4 is 16.4 Å². The summed E-state index contributed by atoms with van der Waals surface area (Å²) in [6, 6.07) is -3.43. The third-order valence-electron chi connectivity index (χ3n) is 10.2. The van der Waals surface area contributed by atoms with Crippen LogP contribution in [0.25, 0.3) is 0 Å². The van der Waals surface area contributed by atoms with E-state index in [0.29, 0.717) is 24.0 Å². The van der Waals surface area contributed by atoms with Gasteiger partial charge in [-0.05, 0) is 82.1 Å². The molecule has 1 aromatic rings. The molecule has 0 radical (unpaired) electrons. The lowest BCUT2D eigenvalue weighted by Crippen LogP contribution is -2.62. The number of fused-ring (bicyclic) bond motifs is 3. The summed E-state index contributed by atoms with van der Waals surface area (Å²) in [6.07, 6.45) is -1.66. The molecule has 4 fully saturated rings. The van der Waals surface area contributed by atoms with Gasteiger partial charge in [-0.15, -0.1) is 0 Å². The number of benzene rings is 1. The monoisotopic (exact) mass is 766 g/mol. The van der Waals surface area contributed by atoms with Gasteiger partial charge in [0.05, 0.1) is 12.1 Å². The minimum absolute atomic E-state index is 0.121. The van der Waals surface area contributed by atoms with Crippen molar-refractivity contribution in [1.82, 2.24) is 25.3 Å². The maximum atomic E-state index is 14.6. The average molecular weight is 767 g/mol. The van der Waals surface area contributed by atoms with E-state index in [9.17, 15) is 47.5 Å². The maximum absolute atomic E-state index is 14.6. The number of rotatable bonds is 6. The summed E-state index contributed by atoms with van der Waals surface area (Å²) in [5.41, 5.74) is 7.23. The number of nitrogens with zero attached hydrogens (tertiary/aromatic N) is 3. The minimum atomic E-state index is -5.11. The topological polar surface area (TPSA) is 238 Å². The van der Waals surface area contributed by atoms with E-state index in [1.54, 1.807) is 13.0 Å². The number of amides is 5. The smallest absolute Gasteiger partial charge is 0.458 e. The van der Waals surface area contributed by atoms with E-state index in [1.807, 2.05) is 6.92 Å². The minimum Gasteiger partial charge on any atom is -0.458 e. The molecule has 5 amide bonds. The lowest BCUT2D eigenvalue weighted by atomic mass is 9.98. The first kappa shape index (κ1) is 40.2. The Morgan fingerprint density at radius 2 is 1.70 bits per heavy atom. The normalized spacial score (nSPS) is 31.0. The molecule has 4 saturated heterocycles. The molecule has 19 heteroatoms. The molecule has 6 N–H and O–H groups in total. The number of phosphoric acid groups is 1. The summed E-state index contributed by atoms with van der Waals surface area (Å²) in [6.45, 7) is 6.14. The van der Waals surface area contributed by atoms with Crippen LogP contribution in [0.1, 0.15) is 64.0 Å². The Morgan fingerprint density at radius 3 is 2.38 bits per heavy atom. The zero-order valence-electron chi connectivity index (χ0n) is 30.1. The number of halogens is 1. The van der Waals surface area contributed by atoms with E-state index < -0.39 is 104 Å². The third kappa shape index (κ3) is 9.41. The number of carbonyl (C=O) groups is 6. The average Bonchev–Trinajstić information content (AvgIpc) is 3.67. The molecular formula is C34H48FN6O11P. The van der Waals surface area contributed by atoms with Crippen LogP contribution in [0.3, 0.4) is 0 Å². The van der Waals surface area contributed by atoms with Gasteiger partial charge in [0.1, 0.15) is 42.1 Å². The van der Waals surface area contributed by atoms with E-state index in [0.717, 1.165) is 4.90 Å². The Morgan fingerprint density at radius 1 is 1.00 bits per heavy atom. The number of aryl methyl sites for hydroxylation is 1. The van der Waals surface area contributed by atoms with Crippen molar-refractivity contribution in [3.8, 4) is 0 Å². The van der Waals surface area contributed by atoms with Crippen LogP contribution in [-0.2, 0) is 49.0 Å². The molecule has 9 atom stereocenters. The summed E-state index contributed by atoms with van der Waals surface area (Å²) in [5, 5.41) is 5.23. The first-order valence-corrected chi connectivity index (χ1v) is 19.3. The van der Waals surface area contributed by atoms with E-state index >= 15 is 0 Å². The maximum Gasteiger partial charge on any atom is 0.469 e. The summed E-state index contributed by atoms with van der Waals surface area (Å²) in [5.74, 6) is -5.22. The van der Waals surface area contributed by atoms with Crippen LogP contribution >= 0.6 is 7.82 Å². The van der Waals surface area contributed by atoms with Crippen molar-refractivity contribution < 1.29 is 56.8 Å². The molecule has 0 unspecified atom stereocenters. The third-order valence-corrected chi connectivity index (χ3v) is 10.8. The fourth-order valence-corrected chi connectivity index (χ4v) is 8.30. The van der Waals surface area contributed by atoms with Crippen LogP contribution in [0.2, 0.25) is 0 Å². The Hall–Kier alpha value is -3.96. The van der Waals surface area contributed by atoms with Crippen LogP contribution in [0, 0.1) is 18.7 Å². The highest BCUT2D eigenvalue weighted by Crippen LogP contribution is 2.41. The van der Waals surface area contributed by atoms with Gasteiger partial charge in [-0.1, -0.05) is 13.0 Å². The molecule has 0 spiro atoms. The van der Waals surface area contributed by atoms with Crippen molar-refractivity contribution in [2.24, 2.45) is 11.7 Å². The number of piperidine rings is 1. The van der Waals surface area contributed by atoms with Gasteiger partial charge in [0, 0.05) is 26.1 Å². The first-order chi connectivity index (χ1) is 24.8. The van der Waals surface area contributed by atoms with Crippen LogP contribution in [0.5, 0.6) is 0 Å². The predicted molar refractivity (Wildman–Crippen MR) is 184 cm³/mol. The first-order valence-electron chi connectivity index (χ1n) is 17.8. The molecule has 1 aromatic carbocycles. The molecule has 0 aromatic heterocycles. The van der Waals surface area contributed by atoms with Crippen LogP contribution in [-0.4, -0.2) is 128 Å².